The molecule has 19 heavy (non-hydrogen) atoms. The SMILES string of the molecule is COC(=O)C(F)(F)c1csc(-c2ccc(F)cc2)n1. The van der Waals surface area contributed by atoms with Crippen LogP contribution in [0.5, 0.6) is 0 Å². The van der Waals surface area contributed by atoms with Crippen LogP contribution in [-0.4, -0.2) is 18.1 Å². The van der Waals surface area contributed by atoms with Crippen LogP contribution < -0.4 is 0 Å². The molecule has 0 aliphatic carbocycles. The Hall–Kier alpha value is -1.89. The van der Waals surface area contributed by atoms with Crippen LogP contribution in [0.3, 0.4) is 0 Å². The number of benzene rings is 1. The van der Waals surface area contributed by atoms with Gasteiger partial charge in [-0.1, -0.05) is 0 Å². The summed E-state index contributed by atoms with van der Waals surface area (Å²) < 4.78 is 43.9. The van der Waals surface area contributed by atoms with Crippen LogP contribution in [-0.2, 0) is 15.5 Å². The molecular weight excluding hydrogens is 279 g/mol. The van der Waals surface area contributed by atoms with Crippen molar-refractivity contribution in [1.29, 1.82) is 0 Å². The van der Waals surface area contributed by atoms with Crippen molar-refractivity contribution in [2.75, 3.05) is 7.11 Å². The maximum absolute atomic E-state index is 13.6. The average Bonchev–Trinajstić information content (AvgIpc) is 2.88. The first-order chi connectivity index (χ1) is 8.95. The van der Waals surface area contributed by atoms with E-state index in [1.165, 1.54) is 24.3 Å². The maximum atomic E-state index is 13.6. The molecule has 0 fully saturated rings. The lowest BCUT2D eigenvalue weighted by atomic mass is 10.2. The smallest absolute Gasteiger partial charge is 0.385 e. The summed E-state index contributed by atoms with van der Waals surface area (Å²) in [6.07, 6.45) is 0. The third kappa shape index (κ3) is 2.60. The Morgan fingerprint density at radius 2 is 1.95 bits per heavy atom. The summed E-state index contributed by atoms with van der Waals surface area (Å²) in [4.78, 5) is 14.7. The molecule has 0 radical (unpaired) electrons. The highest BCUT2D eigenvalue weighted by molar-refractivity contribution is 7.13. The highest BCUT2D eigenvalue weighted by Crippen LogP contribution is 2.33. The quantitative estimate of drug-likeness (QED) is 0.814. The number of carbonyl (C=O) groups is 1. The van der Waals surface area contributed by atoms with Crippen molar-refractivity contribution in [3.05, 3.63) is 41.2 Å². The fourth-order valence-electron chi connectivity index (χ4n) is 1.38. The van der Waals surface area contributed by atoms with Crippen molar-refractivity contribution < 1.29 is 22.7 Å². The molecule has 0 amide bonds. The van der Waals surface area contributed by atoms with Crippen molar-refractivity contribution in [2.45, 2.75) is 5.92 Å². The van der Waals surface area contributed by atoms with E-state index in [1.54, 1.807) is 0 Å². The molecule has 2 rings (SSSR count). The van der Waals surface area contributed by atoms with Gasteiger partial charge in [-0.05, 0) is 24.3 Å². The number of hydrogen-bond acceptors (Lipinski definition) is 4. The normalized spacial score (nSPS) is 11.4. The van der Waals surface area contributed by atoms with E-state index in [-0.39, 0.29) is 5.01 Å². The van der Waals surface area contributed by atoms with Gasteiger partial charge in [0.2, 0.25) is 0 Å². The Balaban J connectivity index is 2.34. The number of hydrogen-bond donors (Lipinski definition) is 0. The largest absolute Gasteiger partial charge is 0.464 e. The second kappa shape index (κ2) is 5.00. The zero-order chi connectivity index (χ0) is 14.0. The fourth-order valence-corrected chi connectivity index (χ4v) is 2.22. The molecule has 0 aliphatic heterocycles. The maximum Gasteiger partial charge on any atom is 0.385 e. The van der Waals surface area contributed by atoms with E-state index in [0.717, 1.165) is 23.8 Å². The summed E-state index contributed by atoms with van der Waals surface area (Å²) in [5.74, 6) is -5.88. The number of carbonyl (C=O) groups excluding carboxylic acids is 1. The number of ether oxygens (including phenoxy) is 1. The number of esters is 1. The molecule has 0 unspecified atom stereocenters. The van der Waals surface area contributed by atoms with Crippen LogP contribution in [0.15, 0.2) is 29.6 Å². The standard InChI is InChI=1S/C12H8F3NO2S/c1-18-11(17)12(14,15)9-6-19-10(16-9)7-2-4-8(13)5-3-7/h2-6H,1H3. The van der Waals surface area contributed by atoms with Crippen LogP contribution in [0.25, 0.3) is 10.6 Å². The molecule has 1 aromatic heterocycles. The minimum Gasteiger partial charge on any atom is -0.464 e. The van der Waals surface area contributed by atoms with Gasteiger partial charge in [-0.2, -0.15) is 8.78 Å². The molecule has 7 heteroatoms. The molecular formula is C12H8F3NO2S. The Bertz CT molecular complexity index is 595. The highest BCUT2D eigenvalue weighted by atomic mass is 32.1. The lowest BCUT2D eigenvalue weighted by Crippen LogP contribution is -2.27. The Labute approximate surface area is 110 Å². The van der Waals surface area contributed by atoms with E-state index in [0.29, 0.717) is 5.56 Å². The van der Waals surface area contributed by atoms with Crippen LogP contribution in [0.4, 0.5) is 13.2 Å². The number of halogens is 3. The minimum absolute atomic E-state index is 0.276. The number of nitrogens with zero attached hydrogens (tertiary/aromatic N) is 1. The Kier molecular flexibility index (Phi) is 3.57. The lowest BCUT2D eigenvalue weighted by Gasteiger charge is -2.10. The summed E-state index contributed by atoms with van der Waals surface area (Å²) in [5, 5.41) is 1.36. The molecule has 0 atom stereocenters. The molecule has 0 bridgehead atoms. The number of alkyl halides is 2. The zero-order valence-electron chi connectivity index (χ0n) is 9.69. The molecule has 0 N–H and O–H groups in total. The third-order valence-electron chi connectivity index (χ3n) is 2.36. The van der Waals surface area contributed by atoms with Crippen LogP contribution in [0.1, 0.15) is 5.69 Å². The van der Waals surface area contributed by atoms with Gasteiger partial charge < -0.3 is 4.74 Å². The molecule has 1 aromatic carbocycles. The molecule has 0 spiro atoms. The van der Waals surface area contributed by atoms with Crippen molar-refractivity contribution in [1.82, 2.24) is 4.98 Å². The van der Waals surface area contributed by atoms with Crippen LogP contribution in [0, 0.1) is 5.82 Å². The predicted molar refractivity (Wildman–Crippen MR) is 63.4 cm³/mol. The van der Waals surface area contributed by atoms with Crippen molar-refractivity contribution >= 4 is 17.3 Å². The van der Waals surface area contributed by atoms with Gasteiger partial charge in [0.05, 0.1) is 7.11 Å². The van der Waals surface area contributed by atoms with Crippen molar-refractivity contribution in [2.24, 2.45) is 0 Å². The first-order valence-electron chi connectivity index (χ1n) is 5.13. The fraction of sp³-hybridized carbons (Fsp3) is 0.167. The minimum atomic E-state index is -3.79. The summed E-state index contributed by atoms with van der Waals surface area (Å²) in [6.45, 7) is 0. The van der Waals surface area contributed by atoms with Crippen molar-refractivity contribution in [3.8, 4) is 10.6 Å². The summed E-state index contributed by atoms with van der Waals surface area (Å²) in [6, 6.07) is 5.26. The molecule has 100 valence electrons. The predicted octanol–water partition coefficient (Wildman–Crippen LogP) is 3.21. The second-order valence-electron chi connectivity index (χ2n) is 3.61. The molecule has 0 saturated heterocycles. The van der Waals surface area contributed by atoms with Gasteiger partial charge in [0.15, 0.2) is 0 Å². The van der Waals surface area contributed by atoms with Gasteiger partial charge in [-0.3, -0.25) is 0 Å². The summed E-state index contributed by atoms with van der Waals surface area (Å²) >= 11 is 0.942. The topological polar surface area (TPSA) is 39.2 Å². The Morgan fingerprint density at radius 1 is 1.32 bits per heavy atom. The number of thiazole rings is 1. The van der Waals surface area contributed by atoms with Gasteiger partial charge >= 0.3 is 11.9 Å². The van der Waals surface area contributed by atoms with E-state index in [2.05, 4.69) is 9.72 Å². The van der Waals surface area contributed by atoms with E-state index < -0.39 is 23.4 Å². The number of aromatic nitrogens is 1. The summed E-state index contributed by atoms with van der Waals surface area (Å²) in [5.41, 5.74) is -0.179. The number of methoxy groups -OCH3 is 1. The summed E-state index contributed by atoms with van der Waals surface area (Å²) in [7, 11) is 0.878. The molecule has 0 aliphatic rings. The van der Waals surface area contributed by atoms with Gasteiger partial charge in [-0.25, -0.2) is 14.2 Å². The van der Waals surface area contributed by atoms with Gasteiger partial charge in [0.25, 0.3) is 0 Å². The van der Waals surface area contributed by atoms with E-state index in [9.17, 15) is 18.0 Å². The van der Waals surface area contributed by atoms with Gasteiger partial charge in [0, 0.05) is 10.9 Å². The van der Waals surface area contributed by atoms with E-state index in [4.69, 9.17) is 0 Å². The Morgan fingerprint density at radius 3 is 2.53 bits per heavy atom. The van der Waals surface area contributed by atoms with Crippen molar-refractivity contribution in [3.63, 3.8) is 0 Å². The zero-order valence-corrected chi connectivity index (χ0v) is 10.5. The second-order valence-corrected chi connectivity index (χ2v) is 4.47. The number of rotatable bonds is 3. The van der Waals surface area contributed by atoms with Gasteiger partial charge in [-0.15, -0.1) is 11.3 Å². The first-order valence-corrected chi connectivity index (χ1v) is 6.01. The monoisotopic (exact) mass is 287 g/mol. The average molecular weight is 287 g/mol. The van der Waals surface area contributed by atoms with E-state index in [1.807, 2.05) is 0 Å². The molecule has 3 nitrogen and oxygen atoms in total. The van der Waals surface area contributed by atoms with Crippen LogP contribution in [0.2, 0.25) is 0 Å². The first kappa shape index (κ1) is 13.5. The van der Waals surface area contributed by atoms with Gasteiger partial charge in [0.1, 0.15) is 16.5 Å². The third-order valence-corrected chi connectivity index (χ3v) is 3.25. The lowest BCUT2D eigenvalue weighted by molar-refractivity contribution is -0.170. The molecule has 0 saturated carbocycles. The van der Waals surface area contributed by atoms with E-state index >= 15 is 0 Å². The van der Waals surface area contributed by atoms with Crippen LogP contribution >= 0.6 is 11.3 Å². The molecule has 2 aromatic rings. The molecule has 1 heterocycles. The highest BCUT2D eigenvalue weighted by Gasteiger charge is 2.44.